The van der Waals surface area contributed by atoms with Crippen LogP contribution in [0.4, 0.5) is 0 Å². The van der Waals surface area contributed by atoms with Crippen LogP contribution in [0.15, 0.2) is 0 Å². The molecule has 1 saturated heterocycles. The average molecular weight is 214 g/mol. The van der Waals surface area contributed by atoms with Crippen molar-refractivity contribution < 1.29 is 9.47 Å². The van der Waals surface area contributed by atoms with Crippen molar-refractivity contribution in [3.05, 3.63) is 0 Å². The average Bonchev–Trinajstić information content (AvgIpc) is 2.06. The highest BCUT2D eigenvalue weighted by Gasteiger charge is 2.43. The van der Waals surface area contributed by atoms with Crippen LogP contribution >= 0.6 is 0 Å². The van der Waals surface area contributed by atoms with Gasteiger partial charge in [-0.2, -0.15) is 0 Å². The normalized spacial score (nSPS) is 33.4. The van der Waals surface area contributed by atoms with Gasteiger partial charge in [0, 0.05) is 11.3 Å². The van der Waals surface area contributed by atoms with Gasteiger partial charge in [-0.3, -0.25) is 0 Å². The number of rotatable bonds is 2. The smallest absolute Gasteiger partial charge is 0.170 e. The van der Waals surface area contributed by atoms with Crippen molar-refractivity contribution >= 4 is 0 Å². The zero-order valence-electron chi connectivity index (χ0n) is 11.1. The highest BCUT2D eigenvalue weighted by molar-refractivity contribution is 4.83. The molecule has 0 aromatic rings. The molecular formula is C13H26O2. The van der Waals surface area contributed by atoms with Crippen LogP contribution in [0, 0.1) is 17.3 Å². The molecule has 2 nitrogen and oxygen atoms in total. The van der Waals surface area contributed by atoms with Gasteiger partial charge in [-0.05, 0) is 19.3 Å². The van der Waals surface area contributed by atoms with Crippen LogP contribution < -0.4 is 0 Å². The molecule has 1 heterocycles. The molecule has 0 saturated carbocycles. The Morgan fingerprint density at radius 1 is 1.20 bits per heavy atom. The fourth-order valence-corrected chi connectivity index (χ4v) is 1.88. The Morgan fingerprint density at radius 2 is 1.67 bits per heavy atom. The number of hydrogen-bond donors (Lipinski definition) is 0. The molecule has 0 aromatic heterocycles. The zero-order valence-corrected chi connectivity index (χ0v) is 11.1. The summed E-state index contributed by atoms with van der Waals surface area (Å²) in [7, 11) is 0. The Bertz CT molecular complexity index is 195. The predicted octanol–water partition coefficient (Wildman–Crippen LogP) is 3.46. The molecule has 0 atom stereocenters. The van der Waals surface area contributed by atoms with E-state index in [9.17, 15) is 0 Å². The van der Waals surface area contributed by atoms with Crippen LogP contribution in [0.5, 0.6) is 0 Å². The monoisotopic (exact) mass is 214 g/mol. The molecule has 2 heteroatoms. The first kappa shape index (κ1) is 13.0. The summed E-state index contributed by atoms with van der Waals surface area (Å²) in [4.78, 5) is 0. The van der Waals surface area contributed by atoms with Crippen LogP contribution in [0.25, 0.3) is 0 Å². The summed E-state index contributed by atoms with van der Waals surface area (Å²) >= 11 is 0. The van der Waals surface area contributed by atoms with Gasteiger partial charge < -0.3 is 9.47 Å². The van der Waals surface area contributed by atoms with Gasteiger partial charge in [0.2, 0.25) is 0 Å². The van der Waals surface area contributed by atoms with Gasteiger partial charge in [-0.25, -0.2) is 0 Å². The van der Waals surface area contributed by atoms with Gasteiger partial charge in [-0.1, -0.05) is 34.6 Å². The summed E-state index contributed by atoms with van der Waals surface area (Å²) in [6.45, 7) is 14.7. The first-order chi connectivity index (χ1) is 6.74. The first-order valence-electron chi connectivity index (χ1n) is 6.02. The number of ether oxygens (including phenoxy) is 2. The fraction of sp³-hybridized carbons (Fsp3) is 1.00. The van der Waals surface area contributed by atoms with E-state index in [-0.39, 0.29) is 5.41 Å². The second kappa shape index (κ2) is 4.42. The van der Waals surface area contributed by atoms with Gasteiger partial charge in [0.25, 0.3) is 0 Å². The van der Waals surface area contributed by atoms with Crippen molar-refractivity contribution in [2.75, 3.05) is 13.2 Å². The molecule has 90 valence electrons. The largest absolute Gasteiger partial charge is 0.349 e. The van der Waals surface area contributed by atoms with E-state index in [1.54, 1.807) is 0 Å². The van der Waals surface area contributed by atoms with E-state index in [1.807, 2.05) is 0 Å². The van der Waals surface area contributed by atoms with Crippen LogP contribution in [0.2, 0.25) is 0 Å². The molecule has 15 heavy (non-hydrogen) atoms. The lowest BCUT2D eigenvalue weighted by Crippen LogP contribution is -2.50. The molecule has 0 N–H and O–H groups in total. The van der Waals surface area contributed by atoms with Crippen molar-refractivity contribution in [2.24, 2.45) is 17.3 Å². The number of hydrogen-bond acceptors (Lipinski definition) is 2. The van der Waals surface area contributed by atoms with E-state index < -0.39 is 5.79 Å². The topological polar surface area (TPSA) is 18.5 Å². The molecule has 0 aliphatic carbocycles. The second-order valence-electron chi connectivity index (χ2n) is 6.31. The van der Waals surface area contributed by atoms with Gasteiger partial charge in [0.1, 0.15) is 0 Å². The Hall–Kier alpha value is -0.0800. The van der Waals surface area contributed by atoms with E-state index >= 15 is 0 Å². The summed E-state index contributed by atoms with van der Waals surface area (Å²) in [5.41, 5.74) is 0.0375. The highest BCUT2D eigenvalue weighted by atomic mass is 16.7. The van der Waals surface area contributed by atoms with E-state index in [1.165, 1.54) is 6.42 Å². The van der Waals surface area contributed by atoms with Crippen LogP contribution in [-0.2, 0) is 9.47 Å². The Balaban J connectivity index is 2.48. The van der Waals surface area contributed by atoms with E-state index in [2.05, 4.69) is 41.5 Å². The van der Waals surface area contributed by atoms with Crippen LogP contribution in [-0.4, -0.2) is 19.0 Å². The van der Waals surface area contributed by atoms with Crippen LogP contribution in [0.3, 0.4) is 0 Å². The maximum absolute atomic E-state index is 5.92. The molecule has 0 unspecified atom stereocenters. The molecule has 1 aliphatic heterocycles. The third kappa shape index (κ3) is 3.18. The highest BCUT2D eigenvalue weighted by Crippen LogP contribution is 2.38. The molecule has 0 spiro atoms. The summed E-state index contributed by atoms with van der Waals surface area (Å²) < 4.78 is 11.8. The Labute approximate surface area is 94.3 Å². The molecule has 0 radical (unpaired) electrons. The predicted molar refractivity (Wildman–Crippen MR) is 62.7 cm³/mol. The van der Waals surface area contributed by atoms with Gasteiger partial charge in [0.15, 0.2) is 5.79 Å². The molecule has 0 aromatic carbocycles. The molecule has 1 rings (SSSR count). The minimum Gasteiger partial charge on any atom is -0.349 e. The summed E-state index contributed by atoms with van der Waals surface area (Å²) in [6, 6.07) is 0. The Morgan fingerprint density at radius 3 is 2.00 bits per heavy atom. The summed E-state index contributed by atoms with van der Waals surface area (Å²) in [6.07, 6.45) is 1.19. The molecular weight excluding hydrogens is 188 g/mol. The zero-order chi connectivity index (χ0) is 11.7. The third-order valence-electron chi connectivity index (χ3n) is 3.36. The summed E-state index contributed by atoms with van der Waals surface area (Å²) in [5, 5.41) is 0. The van der Waals surface area contributed by atoms with Crippen molar-refractivity contribution in [3.63, 3.8) is 0 Å². The molecule has 0 amide bonds. The van der Waals surface area contributed by atoms with E-state index in [0.29, 0.717) is 5.92 Å². The maximum atomic E-state index is 5.92. The first-order valence-corrected chi connectivity index (χ1v) is 6.02. The van der Waals surface area contributed by atoms with Crippen molar-refractivity contribution in [1.82, 2.24) is 0 Å². The molecule has 1 fully saturated rings. The Kier molecular flexibility index (Phi) is 3.83. The fourth-order valence-electron chi connectivity index (χ4n) is 1.88. The summed E-state index contributed by atoms with van der Waals surface area (Å²) in [5.74, 6) is 0.877. The standard InChI is InChI=1S/C13H26O2/c1-10(2)7-11-8-14-13(6,15-9-11)12(3,4)5/h10-11H,7-9H2,1-6H3. The quantitative estimate of drug-likeness (QED) is 0.701. The maximum Gasteiger partial charge on any atom is 0.170 e. The molecule has 0 bridgehead atoms. The van der Waals surface area contributed by atoms with Gasteiger partial charge in [0.05, 0.1) is 13.2 Å². The minimum absolute atomic E-state index is 0.0375. The van der Waals surface area contributed by atoms with Crippen molar-refractivity contribution in [1.29, 1.82) is 0 Å². The van der Waals surface area contributed by atoms with Crippen molar-refractivity contribution in [2.45, 2.75) is 53.8 Å². The van der Waals surface area contributed by atoms with Gasteiger partial charge >= 0.3 is 0 Å². The molecule has 1 aliphatic rings. The lowest BCUT2D eigenvalue weighted by Gasteiger charge is -2.46. The van der Waals surface area contributed by atoms with Crippen molar-refractivity contribution in [3.8, 4) is 0 Å². The minimum atomic E-state index is -0.416. The van der Waals surface area contributed by atoms with Gasteiger partial charge in [-0.15, -0.1) is 0 Å². The lowest BCUT2D eigenvalue weighted by atomic mass is 9.85. The SMILES string of the molecule is CC(C)CC1COC(C)(C(C)(C)C)OC1. The lowest BCUT2D eigenvalue weighted by molar-refractivity contribution is -0.317. The second-order valence-corrected chi connectivity index (χ2v) is 6.31. The van der Waals surface area contributed by atoms with E-state index in [4.69, 9.17) is 9.47 Å². The third-order valence-corrected chi connectivity index (χ3v) is 3.36. The van der Waals surface area contributed by atoms with Crippen LogP contribution in [0.1, 0.15) is 48.0 Å². The van der Waals surface area contributed by atoms with E-state index in [0.717, 1.165) is 19.1 Å².